The molecule has 8 heteroatoms. The van der Waals surface area contributed by atoms with Crippen molar-refractivity contribution in [3.05, 3.63) is 46.7 Å². The SMILES string of the molecule is COC(=O)c1c(C)c(C(=O)CN(CC2CCCO2)C(=O)c2ccco2)c(C)n1C. The molecule has 3 rings (SSSR count). The van der Waals surface area contributed by atoms with E-state index in [4.69, 9.17) is 13.9 Å². The van der Waals surface area contributed by atoms with Gasteiger partial charge in [0.25, 0.3) is 5.91 Å². The number of ether oxygens (including phenoxy) is 2. The zero-order valence-corrected chi connectivity index (χ0v) is 17.2. The highest BCUT2D eigenvalue weighted by atomic mass is 16.5. The van der Waals surface area contributed by atoms with E-state index >= 15 is 0 Å². The standard InChI is InChI=1S/C21H26N2O6/c1-13-18(14(2)22(3)19(13)21(26)27-4)16(24)12-23(11-15-7-5-9-28-15)20(25)17-8-6-10-29-17/h6,8,10,15H,5,7,9,11-12H2,1-4H3. The second-order valence-electron chi connectivity index (χ2n) is 7.21. The lowest BCUT2D eigenvalue weighted by molar-refractivity contribution is 0.0485. The van der Waals surface area contributed by atoms with Gasteiger partial charge in [0.15, 0.2) is 11.5 Å². The van der Waals surface area contributed by atoms with Gasteiger partial charge in [0.1, 0.15) is 5.69 Å². The minimum absolute atomic E-state index is 0.106. The van der Waals surface area contributed by atoms with Crippen LogP contribution in [-0.2, 0) is 16.5 Å². The molecule has 0 bridgehead atoms. The summed E-state index contributed by atoms with van der Waals surface area (Å²) < 4.78 is 17.4. The van der Waals surface area contributed by atoms with E-state index in [-0.39, 0.29) is 30.1 Å². The molecular weight excluding hydrogens is 376 g/mol. The van der Waals surface area contributed by atoms with Gasteiger partial charge < -0.3 is 23.4 Å². The molecule has 2 aromatic heterocycles. The number of rotatable bonds is 7. The number of carbonyl (C=O) groups excluding carboxylic acids is 3. The van der Waals surface area contributed by atoms with Crippen LogP contribution in [-0.4, -0.2) is 60.0 Å². The van der Waals surface area contributed by atoms with Crippen molar-refractivity contribution < 1.29 is 28.3 Å². The minimum Gasteiger partial charge on any atom is -0.464 e. The molecule has 0 spiro atoms. The molecule has 0 aliphatic carbocycles. The van der Waals surface area contributed by atoms with E-state index in [1.807, 2.05) is 0 Å². The molecule has 1 saturated heterocycles. The lowest BCUT2D eigenvalue weighted by atomic mass is 10.0. The lowest BCUT2D eigenvalue weighted by Crippen LogP contribution is -2.40. The van der Waals surface area contributed by atoms with Crippen molar-refractivity contribution in [1.82, 2.24) is 9.47 Å². The summed E-state index contributed by atoms with van der Waals surface area (Å²) in [5, 5.41) is 0. The molecular formula is C21H26N2O6. The van der Waals surface area contributed by atoms with Gasteiger partial charge in [-0.15, -0.1) is 0 Å². The van der Waals surface area contributed by atoms with Crippen LogP contribution in [0.1, 0.15) is 55.5 Å². The molecule has 0 N–H and O–H groups in total. The molecule has 0 radical (unpaired) electrons. The van der Waals surface area contributed by atoms with Crippen molar-refractivity contribution in [1.29, 1.82) is 0 Å². The maximum atomic E-state index is 13.2. The van der Waals surface area contributed by atoms with Crippen LogP contribution in [0, 0.1) is 13.8 Å². The van der Waals surface area contributed by atoms with E-state index in [9.17, 15) is 14.4 Å². The highest BCUT2D eigenvalue weighted by Crippen LogP contribution is 2.23. The first-order valence-corrected chi connectivity index (χ1v) is 9.56. The number of hydrogen-bond donors (Lipinski definition) is 0. The van der Waals surface area contributed by atoms with E-state index in [2.05, 4.69) is 0 Å². The fraction of sp³-hybridized carbons (Fsp3) is 0.476. The van der Waals surface area contributed by atoms with Gasteiger partial charge in [-0.3, -0.25) is 9.59 Å². The molecule has 1 amide bonds. The molecule has 1 atom stereocenters. The molecule has 8 nitrogen and oxygen atoms in total. The predicted octanol–water partition coefficient (Wildman–Crippen LogP) is 2.53. The summed E-state index contributed by atoms with van der Waals surface area (Å²) in [7, 11) is 3.01. The second kappa shape index (κ2) is 8.65. The Morgan fingerprint density at radius 3 is 2.66 bits per heavy atom. The highest BCUT2D eigenvalue weighted by molar-refractivity contribution is 6.05. The second-order valence-corrected chi connectivity index (χ2v) is 7.21. The summed E-state index contributed by atoms with van der Waals surface area (Å²) in [6.45, 7) is 4.31. The van der Waals surface area contributed by atoms with Crippen LogP contribution in [0.2, 0.25) is 0 Å². The fourth-order valence-corrected chi connectivity index (χ4v) is 3.84. The summed E-state index contributed by atoms with van der Waals surface area (Å²) in [4.78, 5) is 39.7. The summed E-state index contributed by atoms with van der Waals surface area (Å²) >= 11 is 0. The largest absolute Gasteiger partial charge is 0.464 e. The Morgan fingerprint density at radius 1 is 1.31 bits per heavy atom. The van der Waals surface area contributed by atoms with E-state index in [0.717, 1.165) is 12.8 Å². The topological polar surface area (TPSA) is 91.0 Å². The number of furan rings is 1. The van der Waals surface area contributed by atoms with Crippen molar-refractivity contribution in [3.63, 3.8) is 0 Å². The van der Waals surface area contributed by atoms with E-state index < -0.39 is 5.97 Å². The van der Waals surface area contributed by atoms with Crippen molar-refractivity contribution in [2.75, 3.05) is 26.8 Å². The number of amides is 1. The van der Waals surface area contributed by atoms with Crippen molar-refractivity contribution in [2.24, 2.45) is 7.05 Å². The fourth-order valence-electron chi connectivity index (χ4n) is 3.84. The van der Waals surface area contributed by atoms with Gasteiger partial charge in [0.2, 0.25) is 0 Å². The third-order valence-corrected chi connectivity index (χ3v) is 5.39. The van der Waals surface area contributed by atoms with Gasteiger partial charge in [0.05, 0.1) is 26.0 Å². The van der Waals surface area contributed by atoms with Gasteiger partial charge in [-0.1, -0.05) is 0 Å². The van der Waals surface area contributed by atoms with Gasteiger partial charge in [-0.2, -0.15) is 0 Å². The van der Waals surface area contributed by atoms with Crippen molar-refractivity contribution in [2.45, 2.75) is 32.8 Å². The van der Waals surface area contributed by atoms with Crippen molar-refractivity contribution in [3.8, 4) is 0 Å². The van der Waals surface area contributed by atoms with Crippen LogP contribution in [0.25, 0.3) is 0 Å². The average molecular weight is 402 g/mol. The van der Waals surface area contributed by atoms with E-state index in [1.165, 1.54) is 18.3 Å². The first-order chi connectivity index (χ1) is 13.8. The smallest absolute Gasteiger partial charge is 0.354 e. The number of ketones is 1. The van der Waals surface area contributed by atoms with Crippen LogP contribution in [0.5, 0.6) is 0 Å². The zero-order valence-electron chi connectivity index (χ0n) is 17.2. The molecule has 2 aromatic rings. The molecule has 1 aliphatic rings. The van der Waals surface area contributed by atoms with E-state index in [0.29, 0.717) is 35.7 Å². The number of esters is 1. The van der Waals surface area contributed by atoms with Crippen LogP contribution in [0.15, 0.2) is 22.8 Å². The summed E-state index contributed by atoms with van der Waals surface area (Å²) in [6, 6.07) is 3.21. The molecule has 1 unspecified atom stereocenters. The molecule has 156 valence electrons. The third kappa shape index (κ3) is 4.12. The Hall–Kier alpha value is -2.87. The number of methoxy groups -OCH3 is 1. The predicted molar refractivity (Wildman–Crippen MR) is 104 cm³/mol. The number of Topliss-reactive ketones (excluding diaryl/α,β-unsaturated/α-hetero) is 1. The zero-order chi connectivity index (χ0) is 21.1. The normalized spacial score (nSPS) is 16.1. The first-order valence-electron chi connectivity index (χ1n) is 9.56. The molecule has 1 aliphatic heterocycles. The van der Waals surface area contributed by atoms with Gasteiger partial charge >= 0.3 is 5.97 Å². The Balaban J connectivity index is 1.88. The quantitative estimate of drug-likeness (QED) is 0.522. The number of nitrogens with zero attached hydrogens (tertiary/aromatic N) is 2. The monoisotopic (exact) mass is 402 g/mol. The number of carbonyl (C=O) groups is 3. The molecule has 0 aromatic carbocycles. The Kier molecular flexibility index (Phi) is 6.22. The van der Waals surface area contributed by atoms with Crippen LogP contribution in [0.3, 0.4) is 0 Å². The van der Waals surface area contributed by atoms with Crippen molar-refractivity contribution >= 4 is 17.7 Å². The molecule has 29 heavy (non-hydrogen) atoms. The van der Waals surface area contributed by atoms with Crippen LogP contribution in [0.4, 0.5) is 0 Å². The summed E-state index contributed by atoms with van der Waals surface area (Å²) in [5.41, 5.74) is 1.95. The minimum atomic E-state index is -0.505. The maximum Gasteiger partial charge on any atom is 0.354 e. The molecule has 0 saturated carbocycles. The van der Waals surface area contributed by atoms with Gasteiger partial charge in [-0.25, -0.2) is 4.79 Å². The average Bonchev–Trinajstić information content (AvgIpc) is 3.43. The number of hydrogen-bond acceptors (Lipinski definition) is 6. The number of aromatic nitrogens is 1. The Bertz CT molecular complexity index is 906. The Labute approximate surface area is 169 Å². The van der Waals surface area contributed by atoms with Gasteiger partial charge in [-0.05, 0) is 44.4 Å². The summed E-state index contributed by atoms with van der Waals surface area (Å²) in [6.07, 6.45) is 3.09. The van der Waals surface area contributed by atoms with Gasteiger partial charge in [0, 0.05) is 31.5 Å². The molecule has 3 heterocycles. The summed E-state index contributed by atoms with van der Waals surface area (Å²) in [5.74, 6) is -0.940. The Morgan fingerprint density at radius 2 is 2.07 bits per heavy atom. The first kappa shape index (κ1) is 20.9. The van der Waals surface area contributed by atoms with Crippen LogP contribution >= 0.6 is 0 Å². The van der Waals surface area contributed by atoms with Crippen LogP contribution < -0.4 is 0 Å². The van der Waals surface area contributed by atoms with E-state index in [1.54, 1.807) is 37.6 Å². The maximum absolute atomic E-state index is 13.2. The molecule has 1 fully saturated rings. The third-order valence-electron chi connectivity index (χ3n) is 5.39. The highest BCUT2D eigenvalue weighted by Gasteiger charge is 2.30. The lowest BCUT2D eigenvalue weighted by Gasteiger charge is -2.24.